The molecule has 1 aromatic carbocycles. The van der Waals surface area contributed by atoms with Crippen LogP contribution in [0.3, 0.4) is 0 Å². The lowest BCUT2D eigenvalue weighted by Crippen LogP contribution is -2.45. The third-order valence-corrected chi connectivity index (χ3v) is 4.71. The molecular weight excluding hydrogens is 304 g/mol. The molecule has 5 nitrogen and oxygen atoms in total. The summed E-state index contributed by atoms with van der Waals surface area (Å²) in [4.78, 5) is 26.5. The number of nitrogens with one attached hydrogen (secondary N) is 1. The topological polar surface area (TPSA) is 58.6 Å². The van der Waals surface area contributed by atoms with Gasteiger partial charge in [0.05, 0.1) is 12.5 Å². The lowest BCUT2D eigenvalue weighted by atomic mass is 9.96. The van der Waals surface area contributed by atoms with Gasteiger partial charge in [0.15, 0.2) is 0 Å². The molecule has 130 valence electrons. The Balaban J connectivity index is 1.50. The van der Waals surface area contributed by atoms with Crippen molar-refractivity contribution in [2.24, 2.45) is 11.8 Å². The molecule has 2 aliphatic rings. The second kappa shape index (κ2) is 7.69. The molecule has 0 bridgehead atoms. The molecule has 1 aromatic rings. The average molecular weight is 330 g/mol. The first-order valence-electron chi connectivity index (χ1n) is 8.95. The van der Waals surface area contributed by atoms with Gasteiger partial charge in [0.25, 0.3) is 0 Å². The van der Waals surface area contributed by atoms with Crippen LogP contribution in [0, 0.1) is 11.8 Å². The molecule has 5 heteroatoms. The maximum absolute atomic E-state index is 12.5. The molecule has 1 aliphatic heterocycles. The summed E-state index contributed by atoms with van der Waals surface area (Å²) in [6, 6.07) is 7.78. The largest absolute Gasteiger partial charge is 0.494 e. The second-order valence-corrected chi connectivity index (χ2v) is 6.70. The maximum atomic E-state index is 12.5. The van der Waals surface area contributed by atoms with E-state index in [0.717, 1.165) is 43.5 Å². The number of likely N-dealkylation sites (tertiary alicyclic amines) is 1. The standard InChI is InChI=1S/C19H26N2O3/c1-2-24-17-7-3-5-14(11-17)12-20-18(22)16-6-4-10-21(13-16)19(23)15-8-9-15/h3,5,7,11,15-16H,2,4,6,8-10,12-13H2,1H3,(H,20,22). The Morgan fingerprint density at radius 3 is 2.83 bits per heavy atom. The van der Waals surface area contributed by atoms with Crippen molar-refractivity contribution in [2.75, 3.05) is 19.7 Å². The summed E-state index contributed by atoms with van der Waals surface area (Å²) in [6.45, 7) is 4.44. The summed E-state index contributed by atoms with van der Waals surface area (Å²) >= 11 is 0. The monoisotopic (exact) mass is 330 g/mol. The van der Waals surface area contributed by atoms with Crippen LogP contribution in [-0.4, -0.2) is 36.4 Å². The van der Waals surface area contributed by atoms with E-state index in [2.05, 4.69) is 5.32 Å². The van der Waals surface area contributed by atoms with Gasteiger partial charge in [0.1, 0.15) is 5.75 Å². The van der Waals surface area contributed by atoms with Gasteiger partial charge < -0.3 is 15.0 Å². The summed E-state index contributed by atoms with van der Waals surface area (Å²) in [5.41, 5.74) is 1.02. The molecular formula is C19H26N2O3. The summed E-state index contributed by atoms with van der Waals surface area (Å²) in [5, 5.41) is 3.01. The lowest BCUT2D eigenvalue weighted by Gasteiger charge is -2.32. The molecule has 2 fully saturated rings. The van der Waals surface area contributed by atoms with E-state index >= 15 is 0 Å². The smallest absolute Gasteiger partial charge is 0.225 e. The molecule has 3 rings (SSSR count). The number of rotatable bonds is 6. The molecule has 1 aliphatic carbocycles. The van der Waals surface area contributed by atoms with Gasteiger partial charge in [0.2, 0.25) is 11.8 Å². The summed E-state index contributed by atoms with van der Waals surface area (Å²) in [6.07, 6.45) is 3.81. The van der Waals surface area contributed by atoms with Crippen molar-refractivity contribution in [3.63, 3.8) is 0 Å². The molecule has 1 unspecified atom stereocenters. The van der Waals surface area contributed by atoms with E-state index in [-0.39, 0.29) is 23.7 Å². The molecule has 0 aromatic heterocycles. The fraction of sp³-hybridized carbons (Fsp3) is 0.579. The van der Waals surface area contributed by atoms with Crippen LogP contribution in [0.5, 0.6) is 5.75 Å². The van der Waals surface area contributed by atoms with Crippen LogP contribution in [-0.2, 0) is 16.1 Å². The Kier molecular flexibility index (Phi) is 5.38. The van der Waals surface area contributed by atoms with Crippen molar-refractivity contribution in [2.45, 2.75) is 39.2 Å². The number of ether oxygens (including phenoxy) is 1. The van der Waals surface area contributed by atoms with E-state index in [4.69, 9.17) is 4.74 Å². The highest BCUT2D eigenvalue weighted by Gasteiger charge is 2.36. The maximum Gasteiger partial charge on any atom is 0.225 e. The molecule has 2 amide bonds. The Morgan fingerprint density at radius 1 is 1.25 bits per heavy atom. The molecule has 1 heterocycles. The van der Waals surface area contributed by atoms with Gasteiger partial charge in [-0.1, -0.05) is 12.1 Å². The van der Waals surface area contributed by atoms with Gasteiger partial charge in [-0.05, 0) is 50.3 Å². The van der Waals surface area contributed by atoms with Gasteiger partial charge in [-0.25, -0.2) is 0 Å². The van der Waals surface area contributed by atoms with Crippen LogP contribution in [0.15, 0.2) is 24.3 Å². The first kappa shape index (κ1) is 16.8. The van der Waals surface area contributed by atoms with Crippen molar-refractivity contribution < 1.29 is 14.3 Å². The molecule has 1 saturated carbocycles. The van der Waals surface area contributed by atoms with Crippen molar-refractivity contribution >= 4 is 11.8 Å². The minimum absolute atomic E-state index is 0.0464. The van der Waals surface area contributed by atoms with Crippen LogP contribution in [0.1, 0.15) is 38.2 Å². The number of amides is 2. The van der Waals surface area contributed by atoms with Crippen LogP contribution in [0.4, 0.5) is 0 Å². The van der Waals surface area contributed by atoms with Gasteiger partial charge in [0, 0.05) is 25.6 Å². The van der Waals surface area contributed by atoms with Crippen molar-refractivity contribution in [3.8, 4) is 5.75 Å². The average Bonchev–Trinajstić information content (AvgIpc) is 3.45. The minimum Gasteiger partial charge on any atom is -0.494 e. The number of hydrogen-bond acceptors (Lipinski definition) is 3. The van der Waals surface area contributed by atoms with E-state index in [1.165, 1.54) is 0 Å². The highest BCUT2D eigenvalue weighted by atomic mass is 16.5. The predicted octanol–water partition coefficient (Wildman–Crippen LogP) is 2.35. The SMILES string of the molecule is CCOc1cccc(CNC(=O)C2CCCN(C(=O)C3CC3)C2)c1. The molecule has 1 N–H and O–H groups in total. The highest BCUT2D eigenvalue weighted by molar-refractivity contribution is 5.83. The van der Waals surface area contributed by atoms with Crippen LogP contribution in [0.25, 0.3) is 0 Å². The fourth-order valence-electron chi connectivity index (χ4n) is 3.23. The molecule has 1 atom stereocenters. The quantitative estimate of drug-likeness (QED) is 0.871. The summed E-state index contributed by atoms with van der Waals surface area (Å²) in [5.74, 6) is 1.26. The third-order valence-electron chi connectivity index (χ3n) is 4.71. The first-order valence-corrected chi connectivity index (χ1v) is 8.95. The minimum atomic E-state index is -0.0866. The number of carbonyl (C=O) groups excluding carboxylic acids is 2. The van der Waals surface area contributed by atoms with Gasteiger partial charge in [-0.2, -0.15) is 0 Å². The normalized spacial score (nSPS) is 20.5. The zero-order valence-corrected chi connectivity index (χ0v) is 14.3. The Morgan fingerprint density at radius 2 is 2.08 bits per heavy atom. The number of hydrogen-bond donors (Lipinski definition) is 1. The first-order chi connectivity index (χ1) is 11.7. The van der Waals surface area contributed by atoms with E-state index < -0.39 is 0 Å². The Labute approximate surface area is 143 Å². The van der Waals surface area contributed by atoms with Gasteiger partial charge in [-0.3, -0.25) is 9.59 Å². The van der Waals surface area contributed by atoms with Crippen molar-refractivity contribution in [1.29, 1.82) is 0 Å². The fourth-order valence-corrected chi connectivity index (χ4v) is 3.23. The van der Waals surface area contributed by atoms with Crippen LogP contribution >= 0.6 is 0 Å². The Hall–Kier alpha value is -2.04. The highest BCUT2D eigenvalue weighted by Crippen LogP contribution is 2.32. The molecule has 1 saturated heterocycles. The zero-order valence-electron chi connectivity index (χ0n) is 14.3. The predicted molar refractivity (Wildman–Crippen MR) is 91.5 cm³/mol. The summed E-state index contributed by atoms with van der Waals surface area (Å²) < 4.78 is 5.48. The van der Waals surface area contributed by atoms with Crippen LogP contribution < -0.4 is 10.1 Å². The molecule has 24 heavy (non-hydrogen) atoms. The van der Waals surface area contributed by atoms with Crippen LogP contribution in [0.2, 0.25) is 0 Å². The van der Waals surface area contributed by atoms with Crippen molar-refractivity contribution in [1.82, 2.24) is 10.2 Å². The second-order valence-electron chi connectivity index (χ2n) is 6.70. The third kappa shape index (κ3) is 4.28. The zero-order chi connectivity index (χ0) is 16.9. The number of nitrogens with zero attached hydrogens (tertiary/aromatic N) is 1. The van der Waals surface area contributed by atoms with E-state index in [1.54, 1.807) is 0 Å². The lowest BCUT2D eigenvalue weighted by molar-refractivity contribution is -0.136. The van der Waals surface area contributed by atoms with E-state index in [9.17, 15) is 9.59 Å². The number of benzene rings is 1. The summed E-state index contributed by atoms with van der Waals surface area (Å²) in [7, 11) is 0. The van der Waals surface area contributed by atoms with E-state index in [0.29, 0.717) is 19.7 Å². The van der Waals surface area contributed by atoms with E-state index in [1.807, 2.05) is 36.1 Å². The van der Waals surface area contributed by atoms with Crippen molar-refractivity contribution in [3.05, 3.63) is 29.8 Å². The van der Waals surface area contributed by atoms with Gasteiger partial charge >= 0.3 is 0 Å². The number of carbonyl (C=O) groups is 2. The number of piperidine rings is 1. The molecule has 0 spiro atoms. The Bertz CT molecular complexity index is 598. The molecule has 0 radical (unpaired) electrons. The van der Waals surface area contributed by atoms with Gasteiger partial charge in [-0.15, -0.1) is 0 Å².